The Hall–Kier alpha value is -3.80. The van der Waals surface area contributed by atoms with E-state index in [1.54, 1.807) is 7.11 Å². The van der Waals surface area contributed by atoms with Crippen LogP contribution in [0.2, 0.25) is 10.0 Å². The van der Waals surface area contributed by atoms with Gasteiger partial charge in [0.1, 0.15) is 11.3 Å². The van der Waals surface area contributed by atoms with Crippen molar-refractivity contribution in [2.24, 2.45) is 0 Å². The number of para-hydroxylation sites is 1. The second kappa shape index (κ2) is 9.21. The molecule has 0 saturated carbocycles. The number of fused-ring (bicyclic) bond motifs is 1. The highest BCUT2D eigenvalue weighted by Crippen LogP contribution is 2.36. The largest absolute Gasteiger partial charge is 0.504 e. The Balaban J connectivity index is 1.58. The highest BCUT2D eigenvalue weighted by atomic mass is 35.5. The number of hydrogen-bond donors (Lipinski definition) is 1. The molecule has 0 aliphatic carbocycles. The van der Waals surface area contributed by atoms with Gasteiger partial charge in [-0.3, -0.25) is 0 Å². The molecule has 3 aromatic carbocycles. The first-order valence-corrected chi connectivity index (χ1v) is 11.2. The average Bonchev–Trinajstić information content (AvgIpc) is 3.31. The van der Waals surface area contributed by atoms with Crippen molar-refractivity contribution < 1.29 is 9.84 Å². The molecule has 0 spiro atoms. The van der Waals surface area contributed by atoms with Crippen LogP contribution in [0.5, 0.6) is 11.5 Å². The molecule has 0 saturated heterocycles. The third kappa shape index (κ3) is 4.23. The summed E-state index contributed by atoms with van der Waals surface area (Å²) in [4.78, 5) is 4.55. The van der Waals surface area contributed by atoms with Gasteiger partial charge in [-0.25, -0.2) is 9.67 Å². The minimum atomic E-state index is -0.0906. The summed E-state index contributed by atoms with van der Waals surface area (Å²) >= 11 is 12.3. The highest BCUT2D eigenvalue weighted by molar-refractivity contribution is 6.39. The number of phenols is 1. The van der Waals surface area contributed by atoms with Crippen molar-refractivity contribution in [1.29, 1.82) is 0 Å². The van der Waals surface area contributed by atoms with E-state index in [1.807, 2.05) is 89.8 Å². The maximum Gasteiger partial charge on any atom is 0.160 e. The number of phenolic OH excluding ortho intramolecular Hbond substituents is 1. The van der Waals surface area contributed by atoms with Gasteiger partial charge in [0.2, 0.25) is 0 Å². The zero-order valence-electron chi connectivity index (χ0n) is 18.1. The molecule has 2 aromatic heterocycles. The molecule has 0 amide bonds. The first kappa shape index (κ1) is 22.0. The fourth-order valence-corrected chi connectivity index (χ4v) is 4.20. The molecule has 1 N–H and O–H groups in total. The lowest BCUT2D eigenvalue weighted by atomic mass is 10.1. The Bertz CT molecular complexity index is 1510. The van der Waals surface area contributed by atoms with Crippen LogP contribution in [0.1, 0.15) is 11.3 Å². The van der Waals surface area contributed by atoms with Crippen LogP contribution in [0, 0.1) is 0 Å². The van der Waals surface area contributed by atoms with Crippen LogP contribution in [-0.2, 0) is 0 Å². The Kier molecular flexibility index (Phi) is 5.97. The summed E-state index contributed by atoms with van der Waals surface area (Å²) in [5.41, 5.74) is 4.64. The van der Waals surface area contributed by atoms with Gasteiger partial charge in [0.25, 0.3) is 0 Å². The molecule has 7 heteroatoms. The lowest BCUT2D eigenvalue weighted by Gasteiger charge is -2.05. The summed E-state index contributed by atoms with van der Waals surface area (Å²) in [5.74, 6) is 0.688. The lowest BCUT2D eigenvalue weighted by Crippen LogP contribution is -1.94. The van der Waals surface area contributed by atoms with Crippen LogP contribution < -0.4 is 4.74 Å². The fraction of sp³-hybridized carbons (Fsp3) is 0.0370. The molecular weight excluding hydrogens is 469 g/mol. The molecule has 0 atom stereocenters. The molecule has 5 rings (SSSR count). The molecule has 0 fully saturated rings. The standard InChI is InChI=1S/C27H19Cl2N3O2/c1-34-21-12-8-17(9-13-21)25-18(16-32(31-25)20-5-3-2-4-6-20)7-10-19-11-14-22-23(28)15-24(29)27(33)26(22)30-19/h2-16,33H,1H3. The molecule has 168 valence electrons. The molecular formula is C27H19Cl2N3O2. The van der Waals surface area contributed by atoms with Crippen LogP contribution >= 0.6 is 23.2 Å². The number of benzene rings is 3. The van der Waals surface area contributed by atoms with Crippen LogP contribution in [0.3, 0.4) is 0 Å². The summed E-state index contributed by atoms with van der Waals surface area (Å²) in [6.07, 6.45) is 5.79. The van der Waals surface area contributed by atoms with Gasteiger partial charge in [0, 0.05) is 22.7 Å². The average molecular weight is 488 g/mol. The van der Waals surface area contributed by atoms with Crippen molar-refractivity contribution in [3.05, 3.63) is 100 Å². The van der Waals surface area contributed by atoms with Crippen molar-refractivity contribution in [1.82, 2.24) is 14.8 Å². The lowest BCUT2D eigenvalue weighted by molar-refractivity contribution is 0.415. The summed E-state index contributed by atoms with van der Waals surface area (Å²) in [7, 11) is 1.64. The van der Waals surface area contributed by atoms with Gasteiger partial charge < -0.3 is 9.84 Å². The number of ether oxygens (including phenoxy) is 1. The number of rotatable bonds is 5. The van der Waals surface area contributed by atoms with Crippen molar-refractivity contribution in [2.45, 2.75) is 0 Å². The van der Waals surface area contributed by atoms with E-state index in [1.165, 1.54) is 6.07 Å². The monoisotopic (exact) mass is 487 g/mol. The van der Waals surface area contributed by atoms with Gasteiger partial charge in [-0.05, 0) is 66.7 Å². The van der Waals surface area contributed by atoms with Crippen molar-refractivity contribution in [2.75, 3.05) is 7.11 Å². The maximum atomic E-state index is 10.4. The molecule has 2 heterocycles. The number of nitrogens with zero attached hydrogens (tertiary/aromatic N) is 3. The van der Waals surface area contributed by atoms with E-state index < -0.39 is 0 Å². The van der Waals surface area contributed by atoms with Crippen LogP contribution in [0.4, 0.5) is 0 Å². The van der Waals surface area contributed by atoms with Crippen LogP contribution in [0.15, 0.2) is 79.0 Å². The SMILES string of the molecule is COc1ccc(-c2nn(-c3ccccc3)cc2C=Cc2ccc3c(Cl)cc(Cl)c(O)c3n2)cc1. The number of aromatic nitrogens is 3. The fourth-order valence-electron chi connectivity index (χ4n) is 3.68. The molecule has 0 unspecified atom stereocenters. The molecule has 0 aliphatic rings. The van der Waals surface area contributed by atoms with E-state index in [0.29, 0.717) is 21.6 Å². The van der Waals surface area contributed by atoms with Crippen molar-refractivity contribution in [3.8, 4) is 28.4 Å². The normalized spacial score (nSPS) is 11.4. The van der Waals surface area contributed by atoms with Crippen molar-refractivity contribution >= 4 is 46.3 Å². The van der Waals surface area contributed by atoms with Crippen LogP contribution in [0.25, 0.3) is 40.0 Å². The van der Waals surface area contributed by atoms with Gasteiger partial charge in [-0.2, -0.15) is 5.10 Å². The first-order valence-electron chi connectivity index (χ1n) is 10.5. The third-order valence-electron chi connectivity index (χ3n) is 5.44. The maximum absolute atomic E-state index is 10.4. The minimum absolute atomic E-state index is 0.0906. The first-order chi connectivity index (χ1) is 16.5. The number of methoxy groups -OCH3 is 1. The number of halogens is 2. The van der Waals surface area contributed by atoms with Gasteiger partial charge in [-0.15, -0.1) is 0 Å². The summed E-state index contributed by atoms with van der Waals surface area (Å²) in [6, 6.07) is 22.9. The topological polar surface area (TPSA) is 60.2 Å². The molecule has 0 bridgehead atoms. The summed E-state index contributed by atoms with van der Waals surface area (Å²) < 4.78 is 7.14. The molecule has 5 aromatic rings. The summed E-state index contributed by atoms with van der Waals surface area (Å²) in [5, 5.41) is 16.4. The van der Waals surface area contributed by atoms with E-state index in [-0.39, 0.29) is 10.8 Å². The Labute approximate surface area is 206 Å². The van der Waals surface area contributed by atoms with Crippen LogP contribution in [-0.4, -0.2) is 27.0 Å². The van der Waals surface area contributed by atoms with E-state index in [0.717, 1.165) is 28.3 Å². The molecule has 34 heavy (non-hydrogen) atoms. The van der Waals surface area contributed by atoms with E-state index in [9.17, 15) is 5.11 Å². The van der Waals surface area contributed by atoms with Gasteiger partial charge in [-0.1, -0.05) is 41.4 Å². The molecule has 5 nitrogen and oxygen atoms in total. The zero-order chi connectivity index (χ0) is 23.7. The second-order valence-corrected chi connectivity index (χ2v) is 8.41. The quantitative estimate of drug-likeness (QED) is 0.283. The summed E-state index contributed by atoms with van der Waals surface area (Å²) in [6.45, 7) is 0. The smallest absolute Gasteiger partial charge is 0.160 e. The Morgan fingerprint density at radius 1 is 0.912 bits per heavy atom. The Morgan fingerprint density at radius 2 is 1.68 bits per heavy atom. The van der Waals surface area contributed by atoms with Crippen molar-refractivity contribution in [3.63, 3.8) is 0 Å². The predicted molar refractivity (Wildman–Crippen MR) is 138 cm³/mol. The van der Waals surface area contributed by atoms with E-state index >= 15 is 0 Å². The van der Waals surface area contributed by atoms with Gasteiger partial charge in [0.15, 0.2) is 5.75 Å². The number of aromatic hydroxyl groups is 1. The molecule has 0 radical (unpaired) electrons. The second-order valence-electron chi connectivity index (χ2n) is 7.60. The number of pyridine rings is 1. The predicted octanol–water partition coefficient (Wildman–Crippen LogP) is 7.28. The van der Waals surface area contributed by atoms with Gasteiger partial charge in [0.05, 0.1) is 34.2 Å². The van der Waals surface area contributed by atoms with E-state index in [2.05, 4.69) is 4.98 Å². The Morgan fingerprint density at radius 3 is 2.41 bits per heavy atom. The molecule has 0 aliphatic heterocycles. The zero-order valence-corrected chi connectivity index (χ0v) is 19.6. The minimum Gasteiger partial charge on any atom is -0.504 e. The third-order valence-corrected chi connectivity index (χ3v) is 6.04. The van der Waals surface area contributed by atoms with E-state index in [4.69, 9.17) is 33.0 Å². The van der Waals surface area contributed by atoms with Gasteiger partial charge >= 0.3 is 0 Å². The highest BCUT2D eigenvalue weighted by Gasteiger charge is 2.13. The number of hydrogen-bond acceptors (Lipinski definition) is 4.